The van der Waals surface area contributed by atoms with Gasteiger partial charge in [-0.25, -0.2) is 0 Å². The molecule has 1 aromatic rings. The third-order valence-corrected chi connectivity index (χ3v) is 4.49. The van der Waals surface area contributed by atoms with E-state index in [-0.39, 0.29) is 0 Å². The van der Waals surface area contributed by atoms with Crippen LogP contribution in [-0.2, 0) is 11.2 Å². The summed E-state index contributed by atoms with van der Waals surface area (Å²) >= 11 is 1.91. The van der Waals surface area contributed by atoms with E-state index in [2.05, 4.69) is 45.1 Å². The Hall–Kier alpha value is -0.380. The number of hydrogen-bond acceptors (Lipinski definition) is 3. The summed E-state index contributed by atoms with van der Waals surface area (Å²) < 4.78 is 5.27. The Morgan fingerprint density at radius 1 is 1.29 bits per heavy atom. The summed E-state index contributed by atoms with van der Waals surface area (Å²) in [6.07, 6.45) is 1.13. The van der Waals surface area contributed by atoms with Gasteiger partial charge in [0, 0.05) is 28.9 Å². The maximum Gasteiger partial charge on any atom is 0.0618 e. The molecule has 0 aromatic carbocycles. The van der Waals surface area contributed by atoms with Crippen LogP contribution in [-0.4, -0.2) is 19.8 Å². The lowest BCUT2D eigenvalue weighted by atomic mass is 10.0. The van der Waals surface area contributed by atoms with Gasteiger partial charge in [-0.2, -0.15) is 0 Å². The van der Waals surface area contributed by atoms with Crippen molar-refractivity contribution in [1.82, 2.24) is 5.32 Å². The highest BCUT2D eigenvalue weighted by Crippen LogP contribution is 2.24. The van der Waals surface area contributed by atoms with Crippen molar-refractivity contribution in [3.05, 3.63) is 21.9 Å². The monoisotopic (exact) mass is 255 g/mol. The SMILES string of the molecule is CCc1ccc(C(C)NC(COC)C(C)C)s1. The summed E-state index contributed by atoms with van der Waals surface area (Å²) in [4.78, 5) is 2.88. The molecular formula is C14H25NOS. The van der Waals surface area contributed by atoms with Gasteiger partial charge in [-0.3, -0.25) is 0 Å². The van der Waals surface area contributed by atoms with Gasteiger partial charge in [0.1, 0.15) is 0 Å². The normalized spacial score (nSPS) is 15.2. The first-order valence-electron chi connectivity index (χ1n) is 6.42. The molecule has 1 aromatic heterocycles. The van der Waals surface area contributed by atoms with Crippen LogP contribution in [0.25, 0.3) is 0 Å². The molecule has 1 heterocycles. The molecule has 2 atom stereocenters. The van der Waals surface area contributed by atoms with Gasteiger partial charge in [-0.1, -0.05) is 20.8 Å². The smallest absolute Gasteiger partial charge is 0.0618 e. The van der Waals surface area contributed by atoms with Gasteiger partial charge in [-0.05, 0) is 31.4 Å². The Morgan fingerprint density at radius 3 is 2.47 bits per heavy atom. The molecule has 0 amide bonds. The molecule has 2 nitrogen and oxygen atoms in total. The van der Waals surface area contributed by atoms with Crippen LogP contribution in [0, 0.1) is 5.92 Å². The highest BCUT2D eigenvalue weighted by atomic mass is 32.1. The van der Waals surface area contributed by atoms with Crippen LogP contribution < -0.4 is 5.32 Å². The number of thiophene rings is 1. The van der Waals surface area contributed by atoms with E-state index in [0.717, 1.165) is 13.0 Å². The molecule has 1 N–H and O–H groups in total. The molecule has 0 aliphatic heterocycles. The van der Waals surface area contributed by atoms with Gasteiger partial charge in [0.25, 0.3) is 0 Å². The average Bonchev–Trinajstić information content (AvgIpc) is 2.76. The number of ether oxygens (including phenoxy) is 1. The van der Waals surface area contributed by atoms with Crippen LogP contribution >= 0.6 is 11.3 Å². The minimum absolute atomic E-state index is 0.405. The highest BCUT2D eigenvalue weighted by Gasteiger charge is 2.17. The standard InChI is InChI=1S/C14H25NOS/c1-6-12-7-8-14(17-12)11(4)15-13(9-16-5)10(2)3/h7-8,10-11,13,15H,6,9H2,1-5H3. The summed E-state index contributed by atoms with van der Waals surface area (Å²) in [6.45, 7) is 9.67. The number of hydrogen-bond donors (Lipinski definition) is 1. The van der Waals surface area contributed by atoms with Crippen molar-refractivity contribution in [2.45, 2.75) is 46.2 Å². The van der Waals surface area contributed by atoms with Crippen LogP contribution in [0.4, 0.5) is 0 Å². The lowest BCUT2D eigenvalue weighted by Gasteiger charge is -2.25. The van der Waals surface area contributed by atoms with Gasteiger partial charge in [-0.15, -0.1) is 11.3 Å². The molecular weight excluding hydrogens is 230 g/mol. The number of methoxy groups -OCH3 is 1. The largest absolute Gasteiger partial charge is 0.383 e. The fraction of sp³-hybridized carbons (Fsp3) is 0.714. The second kappa shape index (κ2) is 7.14. The molecule has 0 fully saturated rings. The van der Waals surface area contributed by atoms with Crippen LogP contribution in [0.3, 0.4) is 0 Å². The lowest BCUT2D eigenvalue weighted by Crippen LogP contribution is -2.39. The van der Waals surface area contributed by atoms with Crippen LogP contribution in [0.1, 0.15) is 43.5 Å². The van der Waals surface area contributed by atoms with Crippen molar-refractivity contribution >= 4 is 11.3 Å². The molecule has 0 aliphatic rings. The molecule has 17 heavy (non-hydrogen) atoms. The molecule has 0 saturated carbocycles. The van der Waals surface area contributed by atoms with Gasteiger partial charge in [0.2, 0.25) is 0 Å². The Labute approximate surface area is 109 Å². The summed E-state index contributed by atoms with van der Waals surface area (Å²) in [6, 6.07) is 5.30. The second-order valence-electron chi connectivity index (χ2n) is 4.85. The lowest BCUT2D eigenvalue weighted by molar-refractivity contribution is 0.142. The van der Waals surface area contributed by atoms with Gasteiger partial charge < -0.3 is 10.1 Å². The molecule has 0 bridgehead atoms. The summed E-state index contributed by atoms with van der Waals surface area (Å²) in [7, 11) is 1.77. The first kappa shape index (κ1) is 14.7. The number of rotatable bonds is 7. The van der Waals surface area contributed by atoms with E-state index in [0.29, 0.717) is 18.0 Å². The Balaban J connectivity index is 2.59. The molecule has 98 valence electrons. The molecule has 1 rings (SSSR count). The van der Waals surface area contributed by atoms with Crippen molar-refractivity contribution in [1.29, 1.82) is 0 Å². The average molecular weight is 255 g/mol. The van der Waals surface area contributed by atoms with Crippen molar-refractivity contribution in [3.63, 3.8) is 0 Å². The predicted octanol–water partition coefficient (Wildman–Crippen LogP) is 3.63. The van der Waals surface area contributed by atoms with Gasteiger partial charge in [0.15, 0.2) is 0 Å². The molecule has 2 unspecified atom stereocenters. The zero-order valence-electron chi connectivity index (χ0n) is 11.6. The fourth-order valence-corrected chi connectivity index (χ4v) is 2.80. The van der Waals surface area contributed by atoms with Crippen molar-refractivity contribution < 1.29 is 4.74 Å². The molecule has 0 radical (unpaired) electrons. The third-order valence-electron chi connectivity index (χ3n) is 3.07. The zero-order chi connectivity index (χ0) is 12.8. The van der Waals surface area contributed by atoms with Crippen molar-refractivity contribution in [3.8, 4) is 0 Å². The summed E-state index contributed by atoms with van der Waals surface area (Å²) in [5, 5.41) is 3.66. The van der Waals surface area contributed by atoms with Gasteiger partial charge in [0.05, 0.1) is 6.61 Å². The quantitative estimate of drug-likeness (QED) is 0.803. The van der Waals surface area contributed by atoms with E-state index in [1.807, 2.05) is 11.3 Å². The molecule has 0 aliphatic carbocycles. The van der Waals surface area contributed by atoms with Crippen LogP contribution in [0.5, 0.6) is 0 Å². The van der Waals surface area contributed by atoms with Crippen LogP contribution in [0.2, 0.25) is 0 Å². The maximum absolute atomic E-state index is 5.27. The summed E-state index contributed by atoms with van der Waals surface area (Å²) in [5.41, 5.74) is 0. The first-order chi connectivity index (χ1) is 8.08. The molecule has 0 saturated heterocycles. The topological polar surface area (TPSA) is 21.3 Å². The van der Waals surface area contributed by atoms with E-state index < -0.39 is 0 Å². The second-order valence-corrected chi connectivity index (χ2v) is 6.05. The molecule has 3 heteroatoms. The first-order valence-corrected chi connectivity index (χ1v) is 7.23. The van der Waals surface area contributed by atoms with E-state index >= 15 is 0 Å². The Kier molecular flexibility index (Phi) is 6.17. The van der Waals surface area contributed by atoms with Crippen LogP contribution in [0.15, 0.2) is 12.1 Å². The maximum atomic E-state index is 5.27. The molecule has 0 spiro atoms. The number of nitrogens with one attached hydrogen (secondary N) is 1. The number of aryl methyl sites for hydroxylation is 1. The predicted molar refractivity (Wildman–Crippen MR) is 75.7 cm³/mol. The van der Waals surface area contributed by atoms with E-state index in [4.69, 9.17) is 4.74 Å². The minimum Gasteiger partial charge on any atom is -0.383 e. The zero-order valence-corrected chi connectivity index (χ0v) is 12.4. The van der Waals surface area contributed by atoms with Crippen molar-refractivity contribution in [2.24, 2.45) is 5.92 Å². The van der Waals surface area contributed by atoms with Crippen molar-refractivity contribution in [2.75, 3.05) is 13.7 Å². The Bertz CT molecular complexity index is 322. The van der Waals surface area contributed by atoms with E-state index in [1.54, 1.807) is 7.11 Å². The third kappa shape index (κ3) is 4.41. The van der Waals surface area contributed by atoms with E-state index in [1.165, 1.54) is 9.75 Å². The highest BCUT2D eigenvalue weighted by molar-refractivity contribution is 7.12. The van der Waals surface area contributed by atoms with E-state index in [9.17, 15) is 0 Å². The Morgan fingerprint density at radius 2 is 2.00 bits per heavy atom. The van der Waals surface area contributed by atoms with Gasteiger partial charge >= 0.3 is 0 Å². The summed E-state index contributed by atoms with van der Waals surface area (Å²) in [5.74, 6) is 0.586. The minimum atomic E-state index is 0.405. The fourth-order valence-electron chi connectivity index (χ4n) is 1.83.